The van der Waals surface area contributed by atoms with E-state index in [9.17, 15) is 9.18 Å². The Labute approximate surface area is 126 Å². The molecule has 1 aromatic rings. The predicted octanol–water partition coefficient (Wildman–Crippen LogP) is 2.64. The first-order valence-corrected chi connectivity index (χ1v) is 7.85. The fraction of sp³-hybridized carbons (Fsp3) is 0.588. The van der Waals surface area contributed by atoms with Gasteiger partial charge in [0.2, 0.25) is 5.91 Å². The fourth-order valence-corrected chi connectivity index (χ4v) is 3.04. The van der Waals surface area contributed by atoms with E-state index in [0.717, 1.165) is 37.7 Å². The predicted molar refractivity (Wildman–Crippen MR) is 82.2 cm³/mol. The molecule has 0 saturated heterocycles. The van der Waals surface area contributed by atoms with Crippen molar-refractivity contribution in [3.8, 4) is 0 Å². The number of carbonyl (C=O) groups excluding carboxylic acids is 1. The van der Waals surface area contributed by atoms with Crippen LogP contribution in [-0.2, 0) is 11.2 Å². The highest BCUT2D eigenvalue weighted by molar-refractivity contribution is 5.78. The van der Waals surface area contributed by atoms with E-state index in [1.807, 2.05) is 13.0 Å². The average Bonchev–Trinajstić information content (AvgIpc) is 2.92. The van der Waals surface area contributed by atoms with Crippen molar-refractivity contribution in [3.63, 3.8) is 0 Å². The lowest BCUT2D eigenvalue weighted by Gasteiger charge is -2.21. The van der Waals surface area contributed by atoms with Crippen LogP contribution in [0.2, 0.25) is 0 Å². The number of benzene rings is 1. The summed E-state index contributed by atoms with van der Waals surface area (Å²) < 4.78 is 13.1. The number of amides is 1. The van der Waals surface area contributed by atoms with Gasteiger partial charge in [-0.25, -0.2) is 4.39 Å². The first-order valence-electron chi connectivity index (χ1n) is 7.85. The van der Waals surface area contributed by atoms with Gasteiger partial charge in [0.05, 0.1) is 0 Å². The number of nitrogens with two attached hydrogens (primary N) is 1. The lowest BCUT2D eigenvalue weighted by molar-refractivity contribution is -0.125. The molecule has 1 aromatic carbocycles. The molecule has 1 saturated carbocycles. The zero-order chi connectivity index (χ0) is 15.2. The molecule has 3 atom stereocenters. The molecule has 1 fully saturated rings. The van der Waals surface area contributed by atoms with Crippen molar-refractivity contribution in [2.24, 2.45) is 17.6 Å². The molecule has 2 rings (SSSR count). The summed E-state index contributed by atoms with van der Waals surface area (Å²) in [6.07, 6.45) is 4.74. The van der Waals surface area contributed by atoms with Crippen LogP contribution in [-0.4, -0.2) is 18.5 Å². The van der Waals surface area contributed by atoms with Crippen molar-refractivity contribution in [2.75, 3.05) is 6.54 Å². The monoisotopic (exact) mass is 292 g/mol. The van der Waals surface area contributed by atoms with Crippen LogP contribution in [0.4, 0.5) is 4.39 Å². The minimum atomic E-state index is -0.221. The second-order valence-electron chi connectivity index (χ2n) is 6.11. The molecule has 0 bridgehead atoms. The molecule has 0 aromatic heterocycles. The number of aryl methyl sites for hydroxylation is 1. The van der Waals surface area contributed by atoms with Gasteiger partial charge in [0.25, 0.3) is 0 Å². The van der Waals surface area contributed by atoms with Gasteiger partial charge in [-0.15, -0.1) is 0 Å². The number of carbonyl (C=O) groups is 1. The summed E-state index contributed by atoms with van der Waals surface area (Å²) in [6, 6.07) is 6.81. The smallest absolute Gasteiger partial charge is 0.223 e. The molecule has 0 heterocycles. The Morgan fingerprint density at radius 1 is 1.48 bits per heavy atom. The molecule has 1 aliphatic rings. The van der Waals surface area contributed by atoms with E-state index in [1.54, 1.807) is 6.07 Å². The molecule has 21 heavy (non-hydrogen) atoms. The van der Waals surface area contributed by atoms with Crippen LogP contribution in [0.25, 0.3) is 0 Å². The Bertz CT molecular complexity index is 478. The molecule has 1 aliphatic carbocycles. The fourth-order valence-electron chi connectivity index (χ4n) is 3.04. The Balaban J connectivity index is 1.80. The summed E-state index contributed by atoms with van der Waals surface area (Å²) in [5.41, 5.74) is 6.68. The summed E-state index contributed by atoms with van der Waals surface area (Å²) >= 11 is 0. The van der Waals surface area contributed by atoms with Gasteiger partial charge in [-0.1, -0.05) is 25.5 Å². The van der Waals surface area contributed by atoms with Crippen LogP contribution in [0.15, 0.2) is 24.3 Å². The van der Waals surface area contributed by atoms with Gasteiger partial charge in [0.1, 0.15) is 5.82 Å². The number of hydrogen-bond acceptors (Lipinski definition) is 2. The molecule has 0 radical (unpaired) electrons. The number of halogens is 1. The molecule has 1 amide bonds. The number of nitrogens with one attached hydrogen (secondary N) is 1. The number of rotatable bonds is 6. The van der Waals surface area contributed by atoms with Crippen molar-refractivity contribution >= 4 is 5.91 Å². The van der Waals surface area contributed by atoms with Gasteiger partial charge in [0, 0.05) is 12.0 Å². The van der Waals surface area contributed by atoms with Crippen LogP contribution >= 0.6 is 0 Å². The van der Waals surface area contributed by atoms with Crippen LogP contribution in [0, 0.1) is 17.7 Å². The molecular weight excluding hydrogens is 267 g/mol. The molecular formula is C17H25FN2O. The quantitative estimate of drug-likeness (QED) is 0.847. The van der Waals surface area contributed by atoms with Crippen molar-refractivity contribution < 1.29 is 9.18 Å². The summed E-state index contributed by atoms with van der Waals surface area (Å²) in [7, 11) is 0. The van der Waals surface area contributed by atoms with E-state index in [4.69, 9.17) is 5.73 Å². The topological polar surface area (TPSA) is 55.1 Å². The van der Waals surface area contributed by atoms with E-state index in [-0.39, 0.29) is 23.7 Å². The third kappa shape index (κ3) is 4.53. The molecule has 3 nitrogen and oxygen atoms in total. The second-order valence-corrected chi connectivity index (χ2v) is 6.11. The van der Waals surface area contributed by atoms with E-state index < -0.39 is 0 Å². The van der Waals surface area contributed by atoms with Gasteiger partial charge < -0.3 is 11.1 Å². The Morgan fingerprint density at radius 2 is 2.29 bits per heavy atom. The summed E-state index contributed by atoms with van der Waals surface area (Å²) in [4.78, 5) is 12.2. The first-order chi connectivity index (χ1) is 10.1. The third-order valence-electron chi connectivity index (χ3n) is 4.49. The van der Waals surface area contributed by atoms with Crippen molar-refractivity contribution in [3.05, 3.63) is 35.6 Å². The SMILES string of the molecule is CC(CCc1cccc(F)c1)C(=O)NC1CCCC1CN. The highest BCUT2D eigenvalue weighted by Crippen LogP contribution is 2.25. The second kappa shape index (κ2) is 7.55. The maximum Gasteiger partial charge on any atom is 0.223 e. The first kappa shape index (κ1) is 16.0. The lowest BCUT2D eigenvalue weighted by Crippen LogP contribution is -2.42. The van der Waals surface area contributed by atoms with Gasteiger partial charge in [0.15, 0.2) is 0 Å². The maximum absolute atomic E-state index is 13.1. The Morgan fingerprint density at radius 3 is 3.00 bits per heavy atom. The largest absolute Gasteiger partial charge is 0.353 e. The highest BCUT2D eigenvalue weighted by Gasteiger charge is 2.28. The molecule has 116 valence electrons. The lowest BCUT2D eigenvalue weighted by atomic mass is 9.98. The molecule has 0 aliphatic heterocycles. The molecule has 0 spiro atoms. The van der Waals surface area contributed by atoms with E-state index in [1.165, 1.54) is 12.1 Å². The molecule has 4 heteroatoms. The third-order valence-corrected chi connectivity index (χ3v) is 4.49. The van der Waals surface area contributed by atoms with Crippen molar-refractivity contribution in [2.45, 2.75) is 45.1 Å². The van der Waals surface area contributed by atoms with Gasteiger partial charge in [-0.2, -0.15) is 0 Å². The van der Waals surface area contributed by atoms with E-state index in [2.05, 4.69) is 5.32 Å². The van der Waals surface area contributed by atoms with Gasteiger partial charge in [-0.05, 0) is 55.8 Å². The molecule has 3 unspecified atom stereocenters. The highest BCUT2D eigenvalue weighted by atomic mass is 19.1. The minimum absolute atomic E-state index is 0.0627. The van der Waals surface area contributed by atoms with Gasteiger partial charge >= 0.3 is 0 Å². The van der Waals surface area contributed by atoms with Crippen LogP contribution in [0.1, 0.15) is 38.2 Å². The zero-order valence-electron chi connectivity index (χ0n) is 12.6. The van der Waals surface area contributed by atoms with Gasteiger partial charge in [-0.3, -0.25) is 4.79 Å². The maximum atomic E-state index is 13.1. The van der Waals surface area contributed by atoms with E-state index >= 15 is 0 Å². The standard InChI is InChI=1S/C17H25FN2O/c1-12(8-9-13-4-2-6-15(18)10-13)17(21)20-16-7-3-5-14(16)11-19/h2,4,6,10,12,14,16H,3,5,7-9,11,19H2,1H3,(H,20,21). The zero-order valence-corrected chi connectivity index (χ0v) is 12.6. The molecule has 3 N–H and O–H groups in total. The van der Waals surface area contributed by atoms with Crippen molar-refractivity contribution in [1.82, 2.24) is 5.32 Å². The van der Waals surface area contributed by atoms with Crippen molar-refractivity contribution in [1.29, 1.82) is 0 Å². The number of hydrogen-bond donors (Lipinski definition) is 2. The normalized spacial score (nSPS) is 23.0. The summed E-state index contributed by atoms with van der Waals surface area (Å²) in [6.45, 7) is 2.57. The average molecular weight is 292 g/mol. The summed E-state index contributed by atoms with van der Waals surface area (Å²) in [5.74, 6) is 0.231. The Hall–Kier alpha value is -1.42. The van der Waals surface area contributed by atoms with Crippen LogP contribution in [0.3, 0.4) is 0 Å². The Kier molecular flexibility index (Phi) is 5.74. The summed E-state index contributed by atoms with van der Waals surface area (Å²) in [5, 5.41) is 3.13. The van der Waals surface area contributed by atoms with Crippen LogP contribution in [0.5, 0.6) is 0 Å². The minimum Gasteiger partial charge on any atom is -0.353 e. The van der Waals surface area contributed by atoms with Crippen LogP contribution < -0.4 is 11.1 Å². The van der Waals surface area contributed by atoms with E-state index in [0.29, 0.717) is 12.5 Å².